The lowest BCUT2D eigenvalue weighted by Crippen LogP contribution is -2.20. The van der Waals surface area contributed by atoms with Crippen LogP contribution in [0.1, 0.15) is 17.2 Å². The maximum absolute atomic E-state index is 13.6. The number of aliphatic hydroxyl groups is 1. The van der Waals surface area contributed by atoms with Gasteiger partial charge in [0.05, 0.1) is 11.6 Å². The van der Waals surface area contributed by atoms with Crippen molar-refractivity contribution in [1.82, 2.24) is 4.98 Å². The zero-order chi connectivity index (χ0) is 13.2. The average Bonchev–Trinajstić information content (AvgIpc) is 2.30. The number of halogens is 2. The lowest BCUT2D eigenvalue weighted by Gasteiger charge is -2.19. The highest BCUT2D eigenvalue weighted by molar-refractivity contribution is 5.34. The molecule has 1 aromatic heterocycles. The maximum atomic E-state index is 13.6. The molecule has 0 spiro atoms. The molecule has 0 saturated carbocycles. The van der Waals surface area contributed by atoms with Crippen LogP contribution >= 0.6 is 0 Å². The van der Waals surface area contributed by atoms with Gasteiger partial charge < -0.3 is 5.11 Å². The number of pyridine rings is 1. The van der Waals surface area contributed by atoms with Crippen molar-refractivity contribution in [1.29, 1.82) is 0 Å². The summed E-state index contributed by atoms with van der Waals surface area (Å²) in [6.45, 7) is 3.62. The van der Waals surface area contributed by atoms with Crippen molar-refractivity contribution in [2.24, 2.45) is 0 Å². The van der Waals surface area contributed by atoms with Crippen LogP contribution in [0, 0.1) is 0 Å². The van der Waals surface area contributed by atoms with Gasteiger partial charge in [0, 0.05) is 12.3 Å². The smallest absolute Gasteiger partial charge is 0.248 e. The molecule has 2 nitrogen and oxygen atoms in total. The Morgan fingerprint density at radius 1 is 1.50 bits per heavy atom. The summed E-state index contributed by atoms with van der Waals surface area (Å²) in [5.41, 5.74) is 1.45. The molecule has 2 unspecified atom stereocenters. The average molecular weight is 249 g/mol. The van der Waals surface area contributed by atoms with Gasteiger partial charge in [-0.25, -0.2) is 8.78 Å². The topological polar surface area (TPSA) is 33.1 Å². The van der Waals surface area contributed by atoms with Crippen molar-refractivity contribution < 1.29 is 13.9 Å². The predicted molar refractivity (Wildman–Crippen MR) is 65.3 cm³/mol. The molecule has 1 N–H and O–H groups in total. The number of alkyl halides is 1. The Hall–Kier alpha value is -1.81. The molecule has 0 radical (unpaired) electrons. The first-order valence-electron chi connectivity index (χ1n) is 5.56. The van der Waals surface area contributed by atoms with E-state index in [9.17, 15) is 8.78 Å². The van der Waals surface area contributed by atoms with Crippen molar-refractivity contribution >= 4 is 0 Å². The Morgan fingerprint density at radius 3 is 2.83 bits per heavy atom. The van der Waals surface area contributed by atoms with Crippen molar-refractivity contribution in [2.75, 3.05) is 0 Å². The minimum atomic E-state index is -2.70. The van der Waals surface area contributed by atoms with E-state index in [0.29, 0.717) is 18.2 Å². The zero-order valence-electron chi connectivity index (χ0n) is 9.68. The molecule has 1 aliphatic rings. The van der Waals surface area contributed by atoms with Crippen molar-refractivity contribution in [3.8, 4) is 0 Å². The highest BCUT2D eigenvalue weighted by Gasteiger charge is 2.29. The normalized spacial score (nSPS) is 26.8. The number of aromatic nitrogens is 1. The first-order chi connectivity index (χ1) is 8.52. The van der Waals surface area contributed by atoms with E-state index in [-0.39, 0.29) is 0 Å². The highest BCUT2D eigenvalue weighted by Crippen LogP contribution is 2.33. The van der Waals surface area contributed by atoms with Gasteiger partial charge in [0.2, 0.25) is 5.85 Å². The number of allylic oxidation sites excluding steroid dienone is 3. The second-order valence-corrected chi connectivity index (χ2v) is 4.18. The van der Waals surface area contributed by atoms with E-state index in [0.717, 1.165) is 11.6 Å². The summed E-state index contributed by atoms with van der Waals surface area (Å²) in [6, 6.07) is 3.51. The summed E-state index contributed by atoms with van der Waals surface area (Å²) >= 11 is 0. The van der Waals surface area contributed by atoms with Crippen LogP contribution in [0.15, 0.2) is 55.0 Å². The summed E-state index contributed by atoms with van der Waals surface area (Å²) < 4.78 is 26.7. The number of hydrogen-bond donors (Lipinski definition) is 1. The molecule has 1 aromatic rings. The third kappa shape index (κ3) is 2.71. The molecule has 94 valence electrons. The van der Waals surface area contributed by atoms with Gasteiger partial charge in [0.1, 0.15) is 5.83 Å². The molecular weight excluding hydrogens is 236 g/mol. The van der Waals surface area contributed by atoms with Crippen molar-refractivity contribution in [3.05, 3.63) is 66.3 Å². The zero-order valence-corrected chi connectivity index (χ0v) is 9.68. The van der Waals surface area contributed by atoms with E-state index in [1.807, 2.05) is 6.07 Å². The molecule has 2 atom stereocenters. The van der Waals surface area contributed by atoms with Gasteiger partial charge in [0.15, 0.2) is 0 Å². The summed E-state index contributed by atoms with van der Waals surface area (Å²) in [4.78, 5) is 4.14. The fraction of sp³-hybridized carbons (Fsp3) is 0.214. The predicted octanol–water partition coefficient (Wildman–Crippen LogP) is 2.98. The van der Waals surface area contributed by atoms with E-state index in [4.69, 9.17) is 5.11 Å². The Bertz CT molecular complexity index is 503. The van der Waals surface area contributed by atoms with E-state index < -0.39 is 17.6 Å². The largest absolute Gasteiger partial charge is 0.355 e. The molecule has 1 heterocycles. The van der Waals surface area contributed by atoms with Crippen LogP contribution in [0.25, 0.3) is 0 Å². The van der Waals surface area contributed by atoms with Gasteiger partial charge in [-0.1, -0.05) is 18.2 Å². The van der Waals surface area contributed by atoms with E-state index >= 15 is 0 Å². The van der Waals surface area contributed by atoms with Crippen LogP contribution in [0.4, 0.5) is 8.78 Å². The fourth-order valence-corrected chi connectivity index (χ4v) is 1.80. The lowest BCUT2D eigenvalue weighted by atomic mass is 9.95. The van der Waals surface area contributed by atoms with Crippen LogP contribution in [0.3, 0.4) is 0 Å². The van der Waals surface area contributed by atoms with Gasteiger partial charge in [-0.2, -0.15) is 0 Å². The Labute approximate surface area is 104 Å². The number of rotatable bonds is 3. The molecule has 2 rings (SSSR count). The lowest BCUT2D eigenvalue weighted by molar-refractivity contribution is 0.00254. The van der Waals surface area contributed by atoms with Crippen molar-refractivity contribution in [3.63, 3.8) is 0 Å². The van der Waals surface area contributed by atoms with E-state index in [1.165, 1.54) is 6.08 Å². The van der Waals surface area contributed by atoms with Crippen molar-refractivity contribution in [2.45, 2.75) is 18.2 Å². The molecule has 0 saturated heterocycles. The number of hydrogen-bond acceptors (Lipinski definition) is 2. The van der Waals surface area contributed by atoms with Gasteiger partial charge >= 0.3 is 0 Å². The van der Waals surface area contributed by atoms with Crippen LogP contribution in [-0.4, -0.2) is 15.9 Å². The van der Waals surface area contributed by atoms with Crippen LogP contribution in [0.5, 0.6) is 0 Å². The Morgan fingerprint density at radius 2 is 2.28 bits per heavy atom. The summed E-state index contributed by atoms with van der Waals surface area (Å²) in [6.07, 6.45) is 6.81. The standard InChI is InChI=1S/C14H13F2NO/c1-2-3-10-4-5-13(17-9-10)11-6-7-14(16,18)8-12(11)15/h2,4-9,11,18H,1,3H2. The second kappa shape index (κ2) is 4.82. The Kier molecular flexibility index (Phi) is 3.39. The van der Waals surface area contributed by atoms with Gasteiger partial charge in [-0.15, -0.1) is 6.58 Å². The minimum absolute atomic E-state index is 0.475. The molecule has 0 amide bonds. The highest BCUT2D eigenvalue weighted by atomic mass is 19.2. The summed E-state index contributed by atoms with van der Waals surface area (Å²) in [5, 5.41) is 9.02. The molecule has 0 fully saturated rings. The quantitative estimate of drug-likeness (QED) is 0.835. The third-order valence-electron chi connectivity index (χ3n) is 2.71. The second-order valence-electron chi connectivity index (χ2n) is 4.18. The maximum Gasteiger partial charge on any atom is 0.248 e. The van der Waals surface area contributed by atoms with Gasteiger partial charge in [-0.05, 0) is 24.1 Å². The number of nitrogens with zero attached hydrogens (tertiary/aromatic N) is 1. The fourth-order valence-electron chi connectivity index (χ4n) is 1.80. The van der Waals surface area contributed by atoms with Gasteiger partial charge in [0.25, 0.3) is 0 Å². The van der Waals surface area contributed by atoms with E-state index in [2.05, 4.69) is 11.6 Å². The Balaban J connectivity index is 2.23. The summed E-state index contributed by atoms with van der Waals surface area (Å²) in [7, 11) is 0. The molecule has 4 heteroatoms. The third-order valence-corrected chi connectivity index (χ3v) is 2.71. The molecule has 0 aliphatic heterocycles. The molecule has 0 bridgehead atoms. The SMILES string of the molecule is C=CCc1ccc(C2C=CC(O)(F)C=C2F)nc1. The minimum Gasteiger partial charge on any atom is -0.355 e. The van der Waals surface area contributed by atoms with Crippen LogP contribution in [0.2, 0.25) is 0 Å². The summed E-state index contributed by atoms with van der Waals surface area (Å²) in [5.74, 6) is -4.19. The molecule has 18 heavy (non-hydrogen) atoms. The van der Waals surface area contributed by atoms with Gasteiger partial charge in [-0.3, -0.25) is 4.98 Å². The van der Waals surface area contributed by atoms with Crippen LogP contribution < -0.4 is 0 Å². The first kappa shape index (κ1) is 12.6. The van der Waals surface area contributed by atoms with Crippen LogP contribution in [-0.2, 0) is 6.42 Å². The molecular formula is C14H13F2NO. The first-order valence-corrected chi connectivity index (χ1v) is 5.56. The monoisotopic (exact) mass is 249 g/mol. The molecule has 1 aliphatic carbocycles. The molecule has 0 aromatic carbocycles. The van der Waals surface area contributed by atoms with E-state index in [1.54, 1.807) is 18.3 Å².